The molecule has 1 atom stereocenters. The first-order chi connectivity index (χ1) is 10.3. The van der Waals surface area contributed by atoms with Crippen LogP contribution < -0.4 is 20.7 Å². The van der Waals surface area contributed by atoms with E-state index >= 15 is 0 Å². The highest BCUT2D eigenvalue weighted by atomic mass is 32.1. The first-order valence-corrected chi connectivity index (χ1v) is 7.88. The highest BCUT2D eigenvalue weighted by molar-refractivity contribution is 7.12. The fourth-order valence-electron chi connectivity index (χ4n) is 2.87. The van der Waals surface area contributed by atoms with Gasteiger partial charge in [-0.05, 0) is 48.6 Å². The summed E-state index contributed by atoms with van der Waals surface area (Å²) in [7, 11) is 3.28. The number of rotatable bonds is 5. The lowest BCUT2D eigenvalue weighted by Gasteiger charge is -2.17. The van der Waals surface area contributed by atoms with Gasteiger partial charge in [-0.1, -0.05) is 6.07 Å². The van der Waals surface area contributed by atoms with Crippen molar-refractivity contribution < 1.29 is 9.47 Å². The molecule has 0 aliphatic heterocycles. The van der Waals surface area contributed by atoms with E-state index in [1.54, 1.807) is 14.2 Å². The Kier molecular flexibility index (Phi) is 4.14. The molecule has 5 heteroatoms. The lowest BCUT2D eigenvalue weighted by Crippen LogP contribution is -2.28. The molecule has 3 N–H and O–H groups in total. The number of hydrogen-bond acceptors (Lipinski definition) is 5. The van der Waals surface area contributed by atoms with Gasteiger partial charge in [0.05, 0.1) is 20.3 Å². The lowest BCUT2D eigenvalue weighted by atomic mass is 10.0. The number of ether oxygens (including phenoxy) is 2. The minimum absolute atomic E-state index is 0.0135. The molecule has 21 heavy (non-hydrogen) atoms. The maximum atomic E-state index is 5.80. The highest BCUT2D eigenvalue weighted by Crippen LogP contribution is 2.38. The summed E-state index contributed by atoms with van der Waals surface area (Å²) in [6.45, 7) is 0. The quantitative estimate of drug-likeness (QED) is 0.659. The van der Waals surface area contributed by atoms with Crippen LogP contribution in [-0.4, -0.2) is 14.2 Å². The molecule has 1 aliphatic carbocycles. The van der Waals surface area contributed by atoms with Crippen LogP contribution in [0, 0.1) is 0 Å². The van der Waals surface area contributed by atoms with Crippen molar-refractivity contribution >= 4 is 11.3 Å². The Labute approximate surface area is 128 Å². The minimum atomic E-state index is -0.0135. The predicted octanol–water partition coefficient (Wildman–Crippen LogP) is 2.81. The number of nitrogens with two attached hydrogens (primary N) is 1. The Hall–Kier alpha value is -1.56. The predicted molar refractivity (Wildman–Crippen MR) is 85.1 cm³/mol. The fraction of sp³-hybridized carbons (Fsp3) is 0.375. The molecule has 0 saturated heterocycles. The molecule has 3 rings (SSSR count). The van der Waals surface area contributed by atoms with Crippen molar-refractivity contribution in [3.63, 3.8) is 0 Å². The van der Waals surface area contributed by atoms with Crippen LogP contribution in [0.5, 0.6) is 11.5 Å². The van der Waals surface area contributed by atoms with Crippen LogP contribution in [0.4, 0.5) is 0 Å². The molecule has 1 aromatic heterocycles. The monoisotopic (exact) mass is 304 g/mol. The molecule has 0 amide bonds. The van der Waals surface area contributed by atoms with Crippen molar-refractivity contribution in [2.45, 2.75) is 25.3 Å². The second kappa shape index (κ2) is 6.05. The van der Waals surface area contributed by atoms with E-state index in [1.165, 1.54) is 34.6 Å². The molecule has 112 valence electrons. The van der Waals surface area contributed by atoms with Gasteiger partial charge in [0, 0.05) is 9.75 Å². The molecule has 0 bridgehead atoms. The zero-order chi connectivity index (χ0) is 14.8. The van der Waals surface area contributed by atoms with Gasteiger partial charge in [0.2, 0.25) is 0 Å². The van der Waals surface area contributed by atoms with Gasteiger partial charge in [-0.15, -0.1) is 11.3 Å². The molecular formula is C16H20N2O2S. The van der Waals surface area contributed by atoms with Crippen molar-refractivity contribution in [2.75, 3.05) is 14.2 Å². The number of methoxy groups -OCH3 is 2. The molecule has 1 heterocycles. The maximum absolute atomic E-state index is 5.80. The molecule has 4 nitrogen and oxygen atoms in total. The van der Waals surface area contributed by atoms with Gasteiger partial charge >= 0.3 is 0 Å². The fourth-order valence-corrected chi connectivity index (χ4v) is 4.22. The average molecular weight is 304 g/mol. The zero-order valence-electron chi connectivity index (χ0n) is 12.3. The van der Waals surface area contributed by atoms with Crippen LogP contribution in [0.3, 0.4) is 0 Å². The molecular weight excluding hydrogens is 284 g/mol. The zero-order valence-corrected chi connectivity index (χ0v) is 13.1. The summed E-state index contributed by atoms with van der Waals surface area (Å²) < 4.78 is 10.7. The Balaban J connectivity index is 1.95. The van der Waals surface area contributed by atoms with Crippen LogP contribution >= 0.6 is 11.3 Å². The second-order valence-electron chi connectivity index (χ2n) is 5.16. The Morgan fingerprint density at radius 2 is 1.95 bits per heavy atom. The van der Waals surface area contributed by atoms with Gasteiger partial charge in [0.15, 0.2) is 11.5 Å². The van der Waals surface area contributed by atoms with Crippen molar-refractivity contribution in [3.8, 4) is 11.5 Å². The van der Waals surface area contributed by atoms with E-state index in [9.17, 15) is 0 Å². The van der Waals surface area contributed by atoms with Gasteiger partial charge in [0.25, 0.3) is 0 Å². The van der Waals surface area contributed by atoms with Crippen molar-refractivity contribution in [2.24, 2.45) is 5.84 Å². The van der Waals surface area contributed by atoms with E-state index in [0.29, 0.717) is 0 Å². The smallest absolute Gasteiger partial charge is 0.161 e. The molecule has 2 aromatic rings. The van der Waals surface area contributed by atoms with Crippen LogP contribution in [0.25, 0.3) is 0 Å². The third-order valence-electron chi connectivity index (χ3n) is 3.96. The van der Waals surface area contributed by atoms with Gasteiger partial charge in [-0.2, -0.15) is 0 Å². The van der Waals surface area contributed by atoms with Crippen molar-refractivity contribution in [1.82, 2.24) is 5.43 Å². The minimum Gasteiger partial charge on any atom is -0.493 e. The number of fused-ring (bicyclic) bond motifs is 1. The van der Waals surface area contributed by atoms with Crippen LogP contribution in [0.15, 0.2) is 24.3 Å². The van der Waals surface area contributed by atoms with E-state index in [0.717, 1.165) is 17.1 Å². The maximum Gasteiger partial charge on any atom is 0.161 e. The summed E-state index contributed by atoms with van der Waals surface area (Å²) in [5.74, 6) is 7.25. The van der Waals surface area contributed by atoms with Gasteiger partial charge in [-0.25, -0.2) is 5.43 Å². The summed E-state index contributed by atoms with van der Waals surface area (Å²) >= 11 is 1.86. The number of benzene rings is 1. The first kappa shape index (κ1) is 14.4. The molecule has 0 spiro atoms. The molecule has 0 radical (unpaired) electrons. The normalized spacial score (nSPS) is 14.8. The highest BCUT2D eigenvalue weighted by Gasteiger charge is 2.21. The van der Waals surface area contributed by atoms with Crippen molar-refractivity contribution in [3.05, 3.63) is 45.1 Å². The lowest BCUT2D eigenvalue weighted by molar-refractivity contribution is 0.354. The summed E-state index contributed by atoms with van der Waals surface area (Å²) in [5.41, 5.74) is 5.49. The van der Waals surface area contributed by atoms with Gasteiger partial charge in [0.1, 0.15) is 0 Å². The third kappa shape index (κ3) is 2.64. The standard InChI is InChI=1S/C16H20N2O2S/c1-19-12-7-6-11(8-13(12)20-2)16(18-17)15-9-10-4-3-5-14(10)21-15/h6-9,16,18H,3-5,17H2,1-2H3. The molecule has 1 unspecified atom stereocenters. The SMILES string of the molecule is COc1ccc(C(NN)c2cc3c(s2)CCC3)cc1OC. The third-order valence-corrected chi connectivity index (χ3v) is 5.26. The number of hydrazine groups is 1. The molecule has 0 saturated carbocycles. The summed E-state index contributed by atoms with van der Waals surface area (Å²) in [6.07, 6.45) is 3.66. The van der Waals surface area contributed by atoms with E-state index < -0.39 is 0 Å². The largest absolute Gasteiger partial charge is 0.493 e. The first-order valence-electron chi connectivity index (χ1n) is 7.06. The number of thiophene rings is 1. The van der Waals surface area contributed by atoms with Crippen LogP contribution in [0.2, 0.25) is 0 Å². The molecule has 0 fully saturated rings. The van der Waals surface area contributed by atoms with Crippen LogP contribution in [0.1, 0.15) is 33.3 Å². The van der Waals surface area contributed by atoms with Gasteiger partial charge < -0.3 is 9.47 Å². The Morgan fingerprint density at radius 1 is 1.14 bits per heavy atom. The van der Waals surface area contributed by atoms with Gasteiger partial charge in [-0.3, -0.25) is 5.84 Å². The van der Waals surface area contributed by atoms with E-state index in [4.69, 9.17) is 15.3 Å². The Morgan fingerprint density at radius 3 is 2.62 bits per heavy atom. The van der Waals surface area contributed by atoms with Crippen molar-refractivity contribution in [1.29, 1.82) is 0 Å². The number of hydrogen-bond donors (Lipinski definition) is 2. The second-order valence-corrected chi connectivity index (χ2v) is 6.33. The summed E-state index contributed by atoms with van der Waals surface area (Å²) in [6, 6.07) is 8.19. The Bertz CT molecular complexity index is 618. The average Bonchev–Trinajstić information content (AvgIpc) is 3.09. The van der Waals surface area contributed by atoms with E-state index in [1.807, 2.05) is 29.5 Å². The topological polar surface area (TPSA) is 56.5 Å². The van der Waals surface area contributed by atoms with E-state index in [2.05, 4.69) is 11.5 Å². The van der Waals surface area contributed by atoms with E-state index in [-0.39, 0.29) is 6.04 Å². The summed E-state index contributed by atoms with van der Waals surface area (Å²) in [5, 5.41) is 0. The molecule has 1 aromatic carbocycles. The number of nitrogens with one attached hydrogen (secondary N) is 1. The summed E-state index contributed by atoms with van der Waals surface area (Å²) in [4.78, 5) is 2.76. The molecule has 1 aliphatic rings. The van der Waals surface area contributed by atoms with Crippen LogP contribution in [-0.2, 0) is 12.8 Å². The number of aryl methyl sites for hydroxylation is 2.